The highest BCUT2D eigenvalue weighted by molar-refractivity contribution is 5.90. The van der Waals surface area contributed by atoms with Crippen molar-refractivity contribution in [3.8, 4) is 18.1 Å². The van der Waals surface area contributed by atoms with Gasteiger partial charge < -0.3 is 14.8 Å². The van der Waals surface area contributed by atoms with Gasteiger partial charge in [-0.15, -0.1) is 12.3 Å². The predicted molar refractivity (Wildman–Crippen MR) is 103 cm³/mol. The number of carbonyl (C=O) groups is 1. The fourth-order valence-electron chi connectivity index (χ4n) is 2.99. The monoisotopic (exact) mass is 370 g/mol. The Morgan fingerprint density at radius 1 is 1.33 bits per heavy atom. The van der Waals surface area contributed by atoms with E-state index in [4.69, 9.17) is 15.9 Å². The van der Waals surface area contributed by atoms with Crippen molar-refractivity contribution in [2.24, 2.45) is 10.2 Å². The lowest BCUT2D eigenvalue weighted by Crippen LogP contribution is -2.38. The van der Waals surface area contributed by atoms with Crippen LogP contribution in [0.15, 0.2) is 34.5 Å². The molecular formula is C20H26N4O3. The molecular weight excluding hydrogens is 344 g/mol. The minimum absolute atomic E-state index is 0.0575. The molecule has 7 nitrogen and oxygen atoms in total. The third-order valence-electron chi connectivity index (χ3n) is 4.70. The average molecular weight is 370 g/mol. The first-order valence-corrected chi connectivity index (χ1v) is 9.39. The molecule has 1 aromatic rings. The van der Waals surface area contributed by atoms with Gasteiger partial charge in [-0.1, -0.05) is 6.07 Å². The van der Waals surface area contributed by atoms with Gasteiger partial charge >= 0.3 is 0 Å². The number of hydrogen-bond acceptors (Lipinski definition) is 6. The molecule has 2 aliphatic heterocycles. The summed E-state index contributed by atoms with van der Waals surface area (Å²) < 4.78 is 11.2. The van der Waals surface area contributed by atoms with Crippen LogP contribution in [0, 0.1) is 12.3 Å². The SMILES string of the molecule is C#CCCC1(CCC(=O)Nc2cccc(OCCN3CCOCC3)c2)N=N1. The number of anilines is 1. The van der Waals surface area contributed by atoms with E-state index in [1.807, 2.05) is 24.3 Å². The van der Waals surface area contributed by atoms with Gasteiger partial charge in [0.25, 0.3) is 0 Å². The van der Waals surface area contributed by atoms with Crippen LogP contribution < -0.4 is 10.1 Å². The maximum absolute atomic E-state index is 12.2. The molecule has 1 N–H and O–H groups in total. The number of hydrogen-bond donors (Lipinski definition) is 1. The molecule has 0 aliphatic carbocycles. The molecule has 1 amide bonds. The lowest BCUT2D eigenvalue weighted by Gasteiger charge is -2.26. The summed E-state index contributed by atoms with van der Waals surface area (Å²) in [5.74, 6) is 3.28. The summed E-state index contributed by atoms with van der Waals surface area (Å²) in [6.07, 6.45) is 7.57. The Bertz CT molecular complexity index is 701. The van der Waals surface area contributed by atoms with Crippen molar-refractivity contribution in [3.05, 3.63) is 24.3 Å². The Balaban J connectivity index is 1.39. The maximum atomic E-state index is 12.2. The zero-order valence-electron chi connectivity index (χ0n) is 15.5. The smallest absolute Gasteiger partial charge is 0.224 e. The summed E-state index contributed by atoms with van der Waals surface area (Å²) in [6.45, 7) is 4.94. The lowest BCUT2D eigenvalue weighted by molar-refractivity contribution is -0.116. The fourth-order valence-corrected chi connectivity index (χ4v) is 2.99. The summed E-state index contributed by atoms with van der Waals surface area (Å²) in [4.78, 5) is 14.5. The summed E-state index contributed by atoms with van der Waals surface area (Å²) in [6, 6.07) is 7.47. The number of amides is 1. The van der Waals surface area contributed by atoms with E-state index in [-0.39, 0.29) is 5.91 Å². The van der Waals surface area contributed by atoms with Gasteiger partial charge in [0, 0.05) is 57.1 Å². The molecule has 0 aromatic heterocycles. The van der Waals surface area contributed by atoms with Gasteiger partial charge in [0.15, 0.2) is 5.66 Å². The van der Waals surface area contributed by atoms with E-state index in [2.05, 4.69) is 26.4 Å². The fraction of sp³-hybridized carbons (Fsp3) is 0.550. The zero-order valence-corrected chi connectivity index (χ0v) is 15.5. The summed E-state index contributed by atoms with van der Waals surface area (Å²) >= 11 is 0. The summed E-state index contributed by atoms with van der Waals surface area (Å²) in [7, 11) is 0. The van der Waals surface area contributed by atoms with Crippen LogP contribution in [-0.4, -0.2) is 55.9 Å². The van der Waals surface area contributed by atoms with Crippen LogP contribution in [0.3, 0.4) is 0 Å². The van der Waals surface area contributed by atoms with E-state index in [0.29, 0.717) is 32.3 Å². The molecule has 0 saturated carbocycles. The molecule has 2 aliphatic rings. The van der Waals surface area contributed by atoms with Crippen molar-refractivity contribution >= 4 is 11.6 Å². The molecule has 0 bridgehead atoms. The second-order valence-electron chi connectivity index (χ2n) is 6.77. The number of morpholine rings is 1. The van der Waals surface area contributed by atoms with E-state index >= 15 is 0 Å². The number of rotatable bonds is 10. The van der Waals surface area contributed by atoms with Gasteiger partial charge in [0.1, 0.15) is 12.4 Å². The van der Waals surface area contributed by atoms with Crippen molar-refractivity contribution < 1.29 is 14.3 Å². The van der Waals surface area contributed by atoms with E-state index in [1.165, 1.54) is 0 Å². The molecule has 3 rings (SSSR count). The quantitative estimate of drug-likeness (QED) is 0.643. The molecule has 0 radical (unpaired) electrons. The number of benzene rings is 1. The number of carbonyl (C=O) groups excluding carboxylic acids is 1. The standard InChI is InChI=1S/C20H26N4O3/c1-2-3-8-20(22-23-20)9-7-19(25)21-17-5-4-6-18(16-17)27-15-12-24-10-13-26-14-11-24/h1,4-6,16H,3,7-15H2,(H,21,25). The minimum atomic E-state index is -0.422. The van der Waals surface area contributed by atoms with E-state index < -0.39 is 5.66 Å². The highest BCUT2D eigenvalue weighted by Crippen LogP contribution is 2.37. The molecule has 0 atom stereocenters. The topological polar surface area (TPSA) is 75.5 Å². The molecule has 7 heteroatoms. The molecule has 0 unspecified atom stereocenters. The molecule has 0 spiro atoms. The first-order valence-electron chi connectivity index (χ1n) is 9.39. The second kappa shape index (κ2) is 9.49. The highest BCUT2D eigenvalue weighted by Gasteiger charge is 2.39. The van der Waals surface area contributed by atoms with Crippen LogP contribution in [-0.2, 0) is 9.53 Å². The first kappa shape index (κ1) is 19.3. The predicted octanol–water partition coefficient (Wildman–Crippen LogP) is 2.69. The molecule has 1 aromatic carbocycles. The van der Waals surface area contributed by atoms with Crippen molar-refractivity contribution in [1.29, 1.82) is 0 Å². The van der Waals surface area contributed by atoms with Crippen LogP contribution in [0.2, 0.25) is 0 Å². The van der Waals surface area contributed by atoms with E-state index in [9.17, 15) is 4.79 Å². The summed E-state index contributed by atoms with van der Waals surface area (Å²) in [5, 5.41) is 11.0. The molecule has 2 heterocycles. The van der Waals surface area contributed by atoms with Gasteiger partial charge in [0.2, 0.25) is 5.91 Å². The zero-order chi connectivity index (χ0) is 19.0. The van der Waals surface area contributed by atoms with Crippen LogP contribution in [0.25, 0.3) is 0 Å². The van der Waals surface area contributed by atoms with E-state index in [0.717, 1.165) is 44.3 Å². The Morgan fingerprint density at radius 3 is 2.89 bits per heavy atom. The second-order valence-corrected chi connectivity index (χ2v) is 6.77. The number of ether oxygens (including phenoxy) is 2. The highest BCUT2D eigenvalue weighted by atomic mass is 16.5. The van der Waals surface area contributed by atoms with Crippen LogP contribution in [0.1, 0.15) is 25.7 Å². The van der Waals surface area contributed by atoms with Gasteiger partial charge in [-0.05, 0) is 12.1 Å². The third kappa shape index (κ3) is 6.35. The van der Waals surface area contributed by atoms with Gasteiger partial charge in [-0.3, -0.25) is 9.69 Å². The Kier molecular flexibility index (Phi) is 6.80. The Morgan fingerprint density at radius 2 is 2.15 bits per heavy atom. The van der Waals surface area contributed by atoms with Crippen LogP contribution in [0.5, 0.6) is 5.75 Å². The third-order valence-corrected chi connectivity index (χ3v) is 4.70. The summed E-state index contributed by atoms with van der Waals surface area (Å²) in [5.41, 5.74) is 0.306. The maximum Gasteiger partial charge on any atom is 0.224 e. The van der Waals surface area contributed by atoms with Crippen molar-refractivity contribution in [3.63, 3.8) is 0 Å². The van der Waals surface area contributed by atoms with Crippen molar-refractivity contribution in [2.75, 3.05) is 44.8 Å². The normalized spacial score (nSPS) is 17.9. The Labute approximate surface area is 160 Å². The molecule has 1 fully saturated rings. The van der Waals surface area contributed by atoms with Crippen molar-refractivity contribution in [2.45, 2.75) is 31.3 Å². The van der Waals surface area contributed by atoms with Gasteiger partial charge in [-0.2, -0.15) is 10.2 Å². The number of nitrogens with zero attached hydrogens (tertiary/aromatic N) is 3. The minimum Gasteiger partial charge on any atom is -0.492 e. The Hall–Kier alpha value is -2.43. The average Bonchev–Trinajstić information content (AvgIpc) is 3.46. The van der Waals surface area contributed by atoms with Gasteiger partial charge in [0.05, 0.1) is 13.2 Å². The number of nitrogens with one attached hydrogen (secondary N) is 1. The molecule has 1 saturated heterocycles. The van der Waals surface area contributed by atoms with Crippen LogP contribution in [0.4, 0.5) is 5.69 Å². The van der Waals surface area contributed by atoms with Gasteiger partial charge in [-0.25, -0.2) is 0 Å². The van der Waals surface area contributed by atoms with Crippen LogP contribution >= 0.6 is 0 Å². The first-order chi connectivity index (χ1) is 13.2. The van der Waals surface area contributed by atoms with Crippen molar-refractivity contribution in [1.82, 2.24) is 4.90 Å². The molecule has 144 valence electrons. The largest absolute Gasteiger partial charge is 0.492 e. The lowest BCUT2D eigenvalue weighted by atomic mass is 10.0. The molecule has 27 heavy (non-hydrogen) atoms. The van der Waals surface area contributed by atoms with E-state index in [1.54, 1.807) is 0 Å². The number of terminal acetylenes is 1.